The van der Waals surface area contributed by atoms with Gasteiger partial charge in [0.05, 0.1) is 0 Å². The number of benzene rings is 1. The van der Waals surface area contributed by atoms with E-state index >= 15 is 0 Å². The summed E-state index contributed by atoms with van der Waals surface area (Å²) in [5, 5.41) is 3.25. The lowest BCUT2D eigenvalue weighted by Gasteiger charge is -2.36. The summed E-state index contributed by atoms with van der Waals surface area (Å²) in [5.74, 6) is 0.545. The van der Waals surface area contributed by atoms with Crippen LogP contribution in [0.2, 0.25) is 0 Å². The average Bonchev–Trinajstić information content (AvgIpc) is 2.70. The van der Waals surface area contributed by atoms with E-state index in [4.69, 9.17) is 0 Å². The molecule has 0 atom stereocenters. The maximum Gasteiger partial charge on any atom is 0.272 e. The molecule has 1 aliphatic heterocycles. The van der Waals surface area contributed by atoms with Gasteiger partial charge in [0.1, 0.15) is 5.69 Å². The summed E-state index contributed by atoms with van der Waals surface area (Å²) in [5.41, 5.74) is 3.78. The highest BCUT2D eigenvalue weighted by Gasteiger charge is 2.24. The van der Waals surface area contributed by atoms with Crippen LogP contribution in [0, 0.1) is 13.8 Å². The van der Waals surface area contributed by atoms with Crippen LogP contribution in [0.15, 0.2) is 30.3 Å². The molecule has 3 rings (SSSR count). The van der Waals surface area contributed by atoms with Crippen LogP contribution in [0.1, 0.15) is 47.9 Å². The van der Waals surface area contributed by atoms with Crippen molar-refractivity contribution in [3.8, 4) is 0 Å². The number of amides is 1. The molecular weight excluding hydrogens is 350 g/mol. The number of unbranched alkanes of at least 4 members (excludes halogenated alkanes) is 2. The minimum absolute atomic E-state index is 0.00833. The second kappa shape index (κ2) is 9.53. The summed E-state index contributed by atoms with van der Waals surface area (Å²) in [6, 6.07) is 10.3. The van der Waals surface area contributed by atoms with Crippen LogP contribution in [0.5, 0.6) is 0 Å². The van der Waals surface area contributed by atoms with E-state index in [1.165, 1.54) is 24.1 Å². The number of carbonyl (C=O) groups excluding carboxylic acids is 1. The molecule has 0 aliphatic carbocycles. The molecule has 6 nitrogen and oxygen atoms in total. The van der Waals surface area contributed by atoms with Gasteiger partial charge in [-0.3, -0.25) is 4.79 Å². The number of anilines is 2. The number of piperazine rings is 1. The molecule has 1 N–H and O–H groups in total. The van der Waals surface area contributed by atoms with Gasteiger partial charge in [-0.2, -0.15) is 0 Å². The normalized spacial score (nSPS) is 14.2. The lowest BCUT2D eigenvalue weighted by molar-refractivity contribution is 0.0740. The van der Waals surface area contributed by atoms with Gasteiger partial charge in [0.25, 0.3) is 5.91 Å². The van der Waals surface area contributed by atoms with Crippen molar-refractivity contribution in [3.63, 3.8) is 0 Å². The first kappa shape index (κ1) is 20.1. The molecule has 1 aliphatic rings. The average molecular weight is 382 g/mol. The van der Waals surface area contributed by atoms with Gasteiger partial charge < -0.3 is 15.1 Å². The zero-order valence-electron chi connectivity index (χ0n) is 17.2. The summed E-state index contributed by atoms with van der Waals surface area (Å²) in [6.07, 6.45) is 3.43. The summed E-state index contributed by atoms with van der Waals surface area (Å²) in [4.78, 5) is 26.1. The SMILES string of the molecule is CCCCCNc1nc(C)cc(C(=O)N2CCN(c3cccc(C)c3)CC2)n1. The molecular formula is C22H31N5O. The number of carbonyl (C=O) groups is 1. The number of rotatable bonds is 7. The van der Waals surface area contributed by atoms with E-state index in [0.717, 1.165) is 31.7 Å². The molecule has 1 fully saturated rings. The van der Waals surface area contributed by atoms with Crippen molar-refractivity contribution in [2.75, 3.05) is 42.9 Å². The fraction of sp³-hybridized carbons (Fsp3) is 0.500. The van der Waals surface area contributed by atoms with Gasteiger partial charge >= 0.3 is 0 Å². The smallest absolute Gasteiger partial charge is 0.272 e. The molecule has 1 saturated heterocycles. The van der Waals surface area contributed by atoms with Crippen molar-refractivity contribution in [3.05, 3.63) is 47.3 Å². The van der Waals surface area contributed by atoms with Gasteiger partial charge in [-0.25, -0.2) is 9.97 Å². The quantitative estimate of drug-likeness (QED) is 0.742. The molecule has 150 valence electrons. The Labute approximate surface area is 168 Å². The van der Waals surface area contributed by atoms with E-state index in [1.807, 2.05) is 11.8 Å². The lowest BCUT2D eigenvalue weighted by Crippen LogP contribution is -2.49. The molecule has 28 heavy (non-hydrogen) atoms. The van der Waals surface area contributed by atoms with Crippen molar-refractivity contribution in [1.29, 1.82) is 0 Å². The number of nitrogens with one attached hydrogen (secondary N) is 1. The van der Waals surface area contributed by atoms with Crippen molar-refractivity contribution >= 4 is 17.5 Å². The molecule has 6 heteroatoms. The minimum Gasteiger partial charge on any atom is -0.368 e. The largest absolute Gasteiger partial charge is 0.368 e. The zero-order chi connectivity index (χ0) is 19.9. The Morgan fingerprint density at radius 1 is 1.07 bits per heavy atom. The molecule has 1 aromatic heterocycles. The van der Waals surface area contributed by atoms with Crippen LogP contribution in [0.4, 0.5) is 11.6 Å². The molecule has 0 bridgehead atoms. The van der Waals surface area contributed by atoms with Gasteiger partial charge in [0.2, 0.25) is 5.95 Å². The van der Waals surface area contributed by atoms with Gasteiger partial charge in [0, 0.05) is 44.1 Å². The standard InChI is InChI=1S/C22H31N5O/c1-4-5-6-10-23-22-24-18(3)16-20(25-22)21(28)27-13-11-26(12-14-27)19-9-7-8-17(2)15-19/h7-9,15-16H,4-6,10-14H2,1-3H3,(H,23,24,25). The Balaban J connectivity index is 1.60. The number of aromatic nitrogens is 2. The van der Waals surface area contributed by atoms with E-state index in [9.17, 15) is 4.79 Å². The highest BCUT2D eigenvalue weighted by molar-refractivity contribution is 5.92. The van der Waals surface area contributed by atoms with E-state index in [2.05, 4.69) is 58.3 Å². The highest BCUT2D eigenvalue weighted by Crippen LogP contribution is 2.19. The first-order chi connectivity index (χ1) is 13.6. The Hall–Kier alpha value is -2.63. The monoisotopic (exact) mass is 381 g/mol. The van der Waals surface area contributed by atoms with E-state index in [1.54, 1.807) is 6.07 Å². The van der Waals surface area contributed by atoms with Crippen molar-refractivity contribution in [2.24, 2.45) is 0 Å². The third-order valence-electron chi connectivity index (χ3n) is 5.07. The predicted molar refractivity (Wildman–Crippen MR) is 114 cm³/mol. The number of aryl methyl sites for hydroxylation is 2. The highest BCUT2D eigenvalue weighted by atomic mass is 16.2. The van der Waals surface area contributed by atoms with Crippen molar-refractivity contribution in [1.82, 2.24) is 14.9 Å². The fourth-order valence-electron chi connectivity index (χ4n) is 3.49. The van der Waals surface area contributed by atoms with Crippen LogP contribution in [-0.2, 0) is 0 Å². The molecule has 0 unspecified atom stereocenters. The van der Waals surface area contributed by atoms with Crippen LogP contribution in [0.25, 0.3) is 0 Å². The molecule has 0 saturated carbocycles. The Bertz CT molecular complexity index is 799. The van der Waals surface area contributed by atoms with Crippen molar-refractivity contribution in [2.45, 2.75) is 40.0 Å². The van der Waals surface area contributed by atoms with E-state index in [0.29, 0.717) is 24.7 Å². The molecule has 0 spiro atoms. The summed E-state index contributed by atoms with van der Waals surface area (Å²) < 4.78 is 0. The first-order valence-corrected chi connectivity index (χ1v) is 10.3. The van der Waals surface area contributed by atoms with Gasteiger partial charge in [-0.05, 0) is 44.0 Å². The molecule has 2 heterocycles. The molecule has 2 aromatic rings. The lowest BCUT2D eigenvalue weighted by atomic mass is 10.2. The minimum atomic E-state index is -0.00833. The second-order valence-electron chi connectivity index (χ2n) is 7.47. The maximum absolute atomic E-state index is 13.0. The van der Waals surface area contributed by atoms with Crippen LogP contribution < -0.4 is 10.2 Å². The number of nitrogens with zero attached hydrogens (tertiary/aromatic N) is 4. The number of hydrogen-bond acceptors (Lipinski definition) is 5. The Morgan fingerprint density at radius 3 is 2.57 bits per heavy atom. The molecule has 1 amide bonds. The molecule has 1 aromatic carbocycles. The topological polar surface area (TPSA) is 61.4 Å². The summed E-state index contributed by atoms with van der Waals surface area (Å²) >= 11 is 0. The number of hydrogen-bond donors (Lipinski definition) is 1. The predicted octanol–water partition coefficient (Wildman–Crippen LogP) is 3.66. The van der Waals surface area contributed by atoms with Crippen molar-refractivity contribution < 1.29 is 4.79 Å². The van der Waals surface area contributed by atoms with Crippen LogP contribution >= 0.6 is 0 Å². The Kier molecular flexibility index (Phi) is 6.85. The Morgan fingerprint density at radius 2 is 1.86 bits per heavy atom. The van der Waals surface area contributed by atoms with Crippen LogP contribution in [0.3, 0.4) is 0 Å². The van der Waals surface area contributed by atoms with E-state index < -0.39 is 0 Å². The van der Waals surface area contributed by atoms with E-state index in [-0.39, 0.29) is 5.91 Å². The second-order valence-corrected chi connectivity index (χ2v) is 7.47. The van der Waals surface area contributed by atoms with Gasteiger partial charge in [0.15, 0.2) is 0 Å². The first-order valence-electron chi connectivity index (χ1n) is 10.3. The van der Waals surface area contributed by atoms with Gasteiger partial charge in [-0.1, -0.05) is 31.9 Å². The van der Waals surface area contributed by atoms with Crippen LogP contribution in [-0.4, -0.2) is 53.5 Å². The van der Waals surface area contributed by atoms with Gasteiger partial charge in [-0.15, -0.1) is 0 Å². The third kappa shape index (κ3) is 5.21. The molecule has 0 radical (unpaired) electrons. The fourth-order valence-corrected chi connectivity index (χ4v) is 3.49. The summed E-state index contributed by atoms with van der Waals surface area (Å²) in [6.45, 7) is 10.1. The zero-order valence-corrected chi connectivity index (χ0v) is 17.2. The maximum atomic E-state index is 13.0. The third-order valence-corrected chi connectivity index (χ3v) is 5.07. The summed E-state index contributed by atoms with van der Waals surface area (Å²) in [7, 11) is 0.